The minimum absolute atomic E-state index is 0.0352. The Labute approximate surface area is 135 Å². The van der Waals surface area contributed by atoms with Crippen molar-refractivity contribution in [1.29, 1.82) is 0 Å². The SMILES string of the molecule is [CH2]c1ccc(C(F)(F)P(=O)(O)NC(C)C(=O)OCC)c(Br)c1. The normalized spacial score (nSPS) is 16.0. The van der Waals surface area contributed by atoms with Crippen LogP contribution in [0.25, 0.3) is 0 Å². The van der Waals surface area contributed by atoms with E-state index in [4.69, 9.17) is 0 Å². The summed E-state index contributed by atoms with van der Waals surface area (Å²) in [6, 6.07) is 2.25. The fourth-order valence-electron chi connectivity index (χ4n) is 1.63. The number of halogens is 3. The van der Waals surface area contributed by atoms with E-state index >= 15 is 0 Å². The molecule has 0 saturated carbocycles. The number of alkyl halides is 2. The van der Waals surface area contributed by atoms with Crippen molar-refractivity contribution in [1.82, 2.24) is 5.09 Å². The van der Waals surface area contributed by atoms with Gasteiger partial charge in [-0.25, -0.2) is 5.09 Å². The van der Waals surface area contributed by atoms with Gasteiger partial charge in [0.1, 0.15) is 6.04 Å². The fourth-order valence-corrected chi connectivity index (χ4v) is 3.77. The van der Waals surface area contributed by atoms with Gasteiger partial charge in [0.05, 0.1) is 6.61 Å². The van der Waals surface area contributed by atoms with Gasteiger partial charge >= 0.3 is 19.2 Å². The largest absolute Gasteiger partial charge is 0.465 e. The smallest absolute Gasteiger partial charge is 0.361 e. The first-order chi connectivity index (χ1) is 10.0. The number of esters is 1. The summed E-state index contributed by atoms with van der Waals surface area (Å²) in [4.78, 5) is 21.1. The monoisotopic (exact) mass is 398 g/mol. The van der Waals surface area contributed by atoms with Crippen LogP contribution >= 0.6 is 23.4 Å². The third-order valence-corrected chi connectivity index (χ3v) is 5.14. The summed E-state index contributed by atoms with van der Waals surface area (Å²) in [5, 5.41) is 1.77. The molecule has 22 heavy (non-hydrogen) atoms. The molecule has 0 aliphatic heterocycles. The van der Waals surface area contributed by atoms with Gasteiger partial charge in [-0.15, -0.1) is 0 Å². The van der Waals surface area contributed by atoms with Crippen molar-refractivity contribution in [2.75, 3.05) is 6.61 Å². The third-order valence-electron chi connectivity index (χ3n) is 2.75. The molecule has 0 bridgehead atoms. The molecular formula is C13H16BrF2NO4P. The van der Waals surface area contributed by atoms with Crippen LogP contribution < -0.4 is 5.09 Å². The summed E-state index contributed by atoms with van der Waals surface area (Å²) in [7, 11) is -5.23. The van der Waals surface area contributed by atoms with Gasteiger partial charge in [-0.05, 0) is 32.4 Å². The van der Waals surface area contributed by atoms with Crippen LogP contribution in [0.1, 0.15) is 25.0 Å². The van der Waals surface area contributed by atoms with E-state index in [0.717, 1.165) is 6.07 Å². The molecule has 2 atom stereocenters. The Balaban J connectivity index is 3.08. The standard InChI is InChI=1S/C13H16BrF2NO4P/c1-4-21-12(18)9(3)17-22(19,20)13(15,16)10-6-5-8(2)7-11(10)14/h5-7,9H,2,4H2,1,3H3,(H2,17,19,20). The van der Waals surface area contributed by atoms with Gasteiger partial charge in [0.2, 0.25) is 0 Å². The zero-order valence-electron chi connectivity index (χ0n) is 12.0. The van der Waals surface area contributed by atoms with Gasteiger partial charge in [0.25, 0.3) is 0 Å². The van der Waals surface area contributed by atoms with Gasteiger partial charge in [0, 0.05) is 10.0 Å². The minimum Gasteiger partial charge on any atom is -0.465 e. The van der Waals surface area contributed by atoms with Crippen molar-refractivity contribution < 1.29 is 27.8 Å². The molecule has 0 spiro atoms. The highest BCUT2D eigenvalue weighted by atomic mass is 79.9. The molecule has 0 fully saturated rings. The zero-order chi connectivity index (χ0) is 17.1. The maximum Gasteiger partial charge on any atom is 0.361 e. The number of carbonyl (C=O) groups is 1. The van der Waals surface area contributed by atoms with Crippen molar-refractivity contribution in [2.24, 2.45) is 0 Å². The molecule has 0 aromatic heterocycles. The van der Waals surface area contributed by atoms with Crippen LogP contribution in [0.15, 0.2) is 22.7 Å². The van der Waals surface area contributed by atoms with E-state index in [0.29, 0.717) is 5.56 Å². The molecular weight excluding hydrogens is 383 g/mol. The summed E-state index contributed by atoms with van der Waals surface area (Å²) in [6.45, 7) is 6.32. The second kappa shape index (κ2) is 7.17. The van der Waals surface area contributed by atoms with E-state index in [2.05, 4.69) is 27.6 Å². The summed E-state index contributed by atoms with van der Waals surface area (Å²) in [5.74, 6) is -0.889. The van der Waals surface area contributed by atoms with Crippen LogP contribution in [-0.2, 0) is 19.8 Å². The number of benzene rings is 1. The van der Waals surface area contributed by atoms with E-state index in [1.165, 1.54) is 26.0 Å². The topological polar surface area (TPSA) is 75.6 Å². The lowest BCUT2D eigenvalue weighted by atomic mass is 10.1. The van der Waals surface area contributed by atoms with Crippen molar-refractivity contribution in [3.05, 3.63) is 40.7 Å². The maximum absolute atomic E-state index is 14.4. The predicted molar refractivity (Wildman–Crippen MR) is 81.6 cm³/mol. The molecule has 1 aromatic carbocycles. The van der Waals surface area contributed by atoms with E-state index < -0.39 is 30.8 Å². The Morgan fingerprint density at radius 3 is 2.68 bits per heavy atom. The van der Waals surface area contributed by atoms with Crippen molar-refractivity contribution in [3.8, 4) is 0 Å². The quantitative estimate of drug-likeness (QED) is 0.567. The highest BCUT2D eigenvalue weighted by Crippen LogP contribution is 2.60. The molecule has 9 heteroatoms. The third kappa shape index (κ3) is 4.13. The van der Waals surface area contributed by atoms with E-state index in [1.807, 2.05) is 0 Å². The van der Waals surface area contributed by atoms with Crippen LogP contribution in [0.3, 0.4) is 0 Å². The number of hydrogen-bond acceptors (Lipinski definition) is 3. The second-order valence-electron chi connectivity index (χ2n) is 4.53. The van der Waals surface area contributed by atoms with Gasteiger partial charge < -0.3 is 9.63 Å². The molecule has 5 nitrogen and oxygen atoms in total. The summed E-state index contributed by atoms with van der Waals surface area (Å²) < 4.78 is 45.3. The molecule has 0 amide bonds. The average Bonchev–Trinajstić information content (AvgIpc) is 2.37. The average molecular weight is 399 g/mol. The van der Waals surface area contributed by atoms with Crippen LogP contribution in [0, 0.1) is 6.92 Å². The fraction of sp³-hybridized carbons (Fsp3) is 0.385. The lowest BCUT2D eigenvalue weighted by molar-refractivity contribution is -0.144. The Hall–Kier alpha value is -0.820. The summed E-state index contributed by atoms with van der Waals surface area (Å²) in [6.07, 6.45) is 0. The molecule has 1 aromatic rings. The number of carbonyl (C=O) groups excluding carboxylic acids is 1. The highest BCUT2D eigenvalue weighted by molar-refractivity contribution is 9.10. The molecule has 1 radical (unpaired) electrons. The van der Waals surface area contributed by atoms with E-state index in [-0.39, 0.29) is 11.1 Å². The second-order valence-corrected chi connectivity index (χ2v) is 7.36. The maximum atomic E-state index is 14.4. The zero-order valence-corrected chi connectivity index (χ0v) is 14.5. The van der Waals surface area contributed by atoms with Crippen LogP contribution in [0.4, 0.5) is 8.78 Å². The molecule has 2 N–H and O–H groups in total. The van der Waals surface area contributed by atoms with Crippen molar-refractivity contribution in [2.45, 2.75) is 25.6 Å². The van der Waals surface area contributed by atoms with Gasteiger partial charge in [-0.1, -0.05) is 28.1 Å². The summed E-state index contributed by atoms with van der Waals surface area (Å²) in [5.41, 5.74) is -4.30. The first-order valence-corrected chi connectivity index (χ1v) is 8.75. The number of nitrogens with one attached hydrogen (secondary N) is 1. The molecule has 123 valence electrons. The van der Waals surface area contributed by atoms with Crippen LogP contribution in [-0.4, -0.2) is 23.5 Å². The first-order valence-electron chi connectivity index (χ1n) is 6.30. The molecule has 2 unspecified atom stereocenters. The van der Waals surface area contributed by atoms with Crippen LogP contribution in [0.2, 0.25) is 0 Å². The molecule has 0 aliphatic rings. The van der Waals surface area contributed by atoms with Crippen molar-refractivity contribution in [3.63, 3.8) is 0 Å². The first kappa shape index (κ1) is 19.2. The molecule has 1 rings (SSSR count). The number of rotatable bonds is 6. The Kier molecular flexibility index (Phi) is 6.27. The minimum atomic E-state index is -5.23. The van der Waals surface area contributed by atoms with Gasteiger partial charge in [0.15, 0.2) is 0 Å². The lowest BCUT2D eigenvalue weighted by Gasteiger charge is -2.26. The van der Waals surface area contributed by atoms with Gasteiger partial charge in [-0.3, -0.25) is 9.36 Å². The van der Waals surface area contributed by atoms with Gasteiger partial charge in [-0.2, -0.15) is 8.78 Å². The predicted octanol–water partition coefficient (Wildman–Crippen LogP) is 3.41. The van der Waals surface area contributed by atoms with E-state index in [1.54, 1.807) is 5.09 Å². The molecule has 0 saturated heterocycles. The molecule has 0 heterocycles. The molecule has 0 aliphatic carbocycles. The Morgan fingerprint density at radius 1 is 1.59 bits per heavy atom. The number of hydrogen-bond donors (Lipinski definition) is 2. The summed E-state index contributed by atoms with van der Waals surface area (Å²) >= 11 is 2.92. The number of ether oxygens (including phenoxy) is 1. The van der Waals surface area contributed by atoms with Crippen molar-refractivity contribution >= 4 is 29.4 Å². The Bertz CT molecular complexity index is 612. The Morgan fingerprint density at radius 2 is 2.18 bits per heavy atom. The highest BCUT2D eigenvalue weighted by Gasteiger charge is 2.53. The van der Waals surface area contributed by atoms with Crippen LogP contribution in [0.5, 0.6) is 0 Å². The lowest BCUT2D eigenvalue weighted by Crippen LogP contribution is -2.37. The van der Waals surface area contributed by atoms with E-state index in [9.17, 15) is 23.0 Å².